The molecule has 8 heteroatoms. The summed E-state index contributed by atoms with van der Waals surface area (Å²) in [6.07, 6.45) is 0. The second kappa shape index (κ2) is 5.93. The third-order valence-electron chi connectivity index (χ3n) is 2.52. The molecule has 0 unspecified atom stereocenters. The zero-order chi connectivity index (χ0) is 15.6. The molecule has 0 aliphatic heterocycles. The summed E-state index contributed by atoms with van der Waals surface area (Å²) in [4.78, 5) is 10.9. The first-order chi connectivity index (χ1) is 9.78. The van der Waals surface area contributed by atoms with E-state index in [-0.39, 0.29) is 21.2 Å². The van der Waals surface area contributed by atoms with Crippen LogP contribution in [0.3, 0.4) is 0 Å². The van der Waals surface area contributed by atoms with Crippen molar-refractivity contribution in [1.29, 1.82) is 0 Å². The summed E-state index contributed by atoms with van der Waals surface area (Å²) >= 11 is 11.5. The highest BCUT2D eigenvalue weighted by Crippen LogP contribution is 2.23. The number of hydrogen-bond acceptors (Lipinski definition) is 3. The highest BCUT2D eigenvalue weighted by molar-refractivity contribution is 7.92. The number of carboxylic acid groups (broad SMARTS) is 1. The molecule has 5 nitrogen and oxygen atoms in total. The highest BCUT2D eigenvalue weighted by atomic mass is 35.5. The molecule has 0 atom stereocenters. The molecule has 0 saturated heterocycles. The zero-order valence-corrected chi connectivity index (χ0v) is 12.7. The molecule has 2 aromatic carbocycles. The first kappa shape index (κ1) is 15.6. The average Bonchev–Trinajstić information content (AvgIpc) is 2.37. The van der Waals surface area contributed by atoms with Gasteiger partial charge in [0.05, 0.1) is 16.1 Å². The molecular weight excluding hydrogens is 337 g/mol. The number of benzene rings is 2. The third kappa shape index (κ3) is 3.87. The highest BCUT2D eigenvalue weighted by Gasteiger charge is 2.15. The van der Waals surface area contributed by atoms with Gasteiger partial charge in [-0.2, -0.15) is 0 Å². The van der Waals surface area contributed by atoms with Gasteiger partial charge in [-0.25, -0.2) is 13.2 Å². The Labute approximate surface area is 131 Å². The van der Waals surface area contributed by atoms with E-state index < -0.39 is 16.0 Å². The first-order valence-electron chi connectivity index (χ1n) is 5.60. The van der Waals surface area contributed by atoms with Crippen molar-refractivity contribution in [1.82, 2.24) is 0 Å². The molecule has 0 spiro atoms. The summed E-state index contributed by atoms with van der Waals surface area (Å²) in [7, 11) is -3.85. The topological polar surface area (TPSA) is 83.5 Å². The fraction of sp³-hybridized carbons (Fsp3) is 0. The minimum absolute atomic E-state index is 0.00347. The summed E-state index contributed by atoms with van der Waals surface area (Å²) in [5, 5.41) is 9.45. The van der Waals surface area contributed by atoms with Crippen LogP contribution in [0.4, 0.5) is 5.69 Å². The lowest BCUT2D eigenvalue weighted by atomic mass is 10.2. The van der Waals surface area contributed by atoms with Gasteiger partial charge in [-0.05, 0) is 42.5 Å². The summed E-state index contributed by atoms with van der Waals surface area (Å²) < 4.78 is 26.6. The van der Waals surface area contributed by atoms with Crippen LogP contribution in [0.1, 0.15) is 10.4 Å². The summed E-state index contributed by atoms with van der Waals surface area (Å²) in [6.45, 7) is 0. The van der Waals surface area contributed by atoms with Gasteiger partial charge in [0.1, 0.15) is 0 Å². The van der Waals surface area contributed by atoms with E-state index in [1.807, 2.05) is 0 Å². The predicted molar refractivity (Wildman–Crippen MR) is 80.7 cm³/mol. The standard InChI is InChI=1S/C13H9Cl2NO4S/c14-9-1-3-12(4-2-9)21(19,20)16-11-6-8(13(17)18)5-10(15)7-11/h1-7,16H,(H,17,18). The molecule has 0 aromatic heterocycles. The molecule has 0 amide bonds. The lowest BCUT2D eigenvalue weighted by Gasteiger charge is -2.09. The first-order valence-corrected chi connectivity index (χ1v) is 7.84. The minimum atomic E-state index is -3.85. The van der Waals surface area contributed by atoms with E-state index in [1.165, 1.54) is 42.5 Å². The second-order valence-corrected chi connectivity index (χ2v) is 6.65. The Morgan fingerprint density at radius 2 is 1.62 bits per heavy atom. The molecule has 0 radical (unpaired) electrons. The van der Waals surface area contributed by atoms with Crippen molar-refractivity contribution in [2.24, 2.45) is 0 Å². The van der Waals surface area contributed by atoms with Gasteiger partial charge in [-0.15, -0.1) is 0 Å². The fourth-order valence-corrected chi connectivity index (χ4v) is 3.00. The molecule has 2 aromatic rings. The molecule has 2 N–H and O–H groups in total. The van der Waals surface area contributed by atoms with Gasteiger partial charge in [0.25, 0.3) is 10.0 Å². The summed E-state index contributed by atoms with van der Waals surface area (Å²) in [6, 6.07) is 9.29. The van der Waals surface area contributed by atoms with Crippen LogP contribution >= 0.6 is 23.2 Å². The van der Waals surface area contributed by atoms with Crippen molar-refractivity contribution in [2.45, 2.75) is 4.90 Å². The largest absolute Gasteiger partial charge is 0.478 e. The predicted octanol–water partition coefficient (Wildman–Crippen LogP) is 3.49. The SMILES string of the molecule is O=C(O)c1cc(Cl)cc(NS(=O)(=O)c2ccc(Cl)cc2)c1. The number of nitrogens with one attached hydrogen (secondary N) is 1. The second-order valence-electron chi connectivity index (χ2n) is 4.09. The fourth-order valence-electron chi connectivity index (χ4n) is 1.60. The van der Waals surface area contributed by atoms with Crippen molar-refractivity contribution in [3.05, 3.63) is 58.1 Å². The van der Waals surface area contributed by atoms with Crippen LogP contribution in [0.2, 0.25) is 10.0 Å². The van der Waals surface area contributed by atoms with Gasteiger partial charge in [-0.3, -0.25) is 4.72 Å². The Morgan fingerprint density at radius 3 is 2.19 bits per heavy atom. The van der Waals surface area contributed by atoms with Crippen LogP contribution in [-0.2, 0) is 10.0 Å². The van der Waals surface area contributed by atoms with E-state index >= 15 is 0 Å². The third-order valence-corrected chi connectivity index (χ3v) is 4.39. The molecule has 0 aliphatic carbocycles. The van der Waals surface area contributed by atoms with Gasteiger partial charge in [0.15, 0.2) is 0 Å². The number of rotatable bonds is 4. The number of sulfonamides is 1. The van der Waals surface area contributed by atoms with E-state index in [4.69, 9.17) is 28.3 Å². The zero-order valence-electron chi connectivity index (χ0n) is 10.4. The number of carbonyl (C=O) groups is 1. The lowest BCUT2D eigenvalue weighted by molar-refractivity contribution is 0.0697. The van der Waals surface area contributed by atoms with Gasteiger partial charge in [-0.1, -0.05) is 23.2 Å². The van der Waals surface area contributed by atoms with Crippen molar-refractivity contribution in [3.63, 3.8) is 0 Å². The maximum Gasteiger partial charge on any atom is 0.335 e. The molecule has 0 fully saturated rings. The Hall–Kier alpha value is -1.76. The number of hydrogen-bond donors (Lipinski definition) is 2. The molecule has 0 saturated carbocycles. The van der Waals surface area contributed by atoms with Crippen molar-refractivity contribution < 1.29 is 18.3 Å². The molecule has 21 heavy (non-hydrogen) atoms. The monoisotopic (exact) mass is 345 g/mol. The molecule has 0 heterocycles. The number of carboxylic acids is 1. The van der Waals surface area contributed by atoms with Gasteiger partial charge in [0, 0.05) is 10.0 Å². The summed E-state index contributed by atoms with van der Waals surface area (Å²) in [5.41, 5.74) is -0.0499. The van der Waals surface area contributed by atoms with Crippen LogP contribution in [0.15, 0.2) is 47.4 Å². The Bertz CT molecular complexity index is 788. The Kier molecular flexibility index (Phi) is 4.41. The van der Waals surface area contributed by atoms with Gasteiger partial charge < -0.3 is 5.11 Å². The Balaban J connectivity index is 2.36. The molecule has 0 bridgehead atoms. The number of anilines is 1. The Morgan fingerprint density at radius 1 is 1.00 bits per heavy atom. The van der Waals surface area contributed by atoms with Crippen molar-refractivity contribution >= 4 is 44.9 Å². The molecular formula is C13H9Cl2NO4S. The van der Waals surface area contributed by atoms with Crippen LogP contribution in [-0.4, -0.2) is 19.5 Å². The van der Waals surface area contributed by atoms with E-state index in [0.717, 1.165) is 0 Å². The normalized spacial score (nSPS) is 11.1. The number of halogens is 2. The molecule has 110 valence electrons. The summed E-state index contributed by atoms with van der Waals surface area (Å²) in [5.74, 6) is -1.20. The quantitative estimate of drug-likeness (QED) is 0.888. The van der Waals surface area contributed by atoms with Crippen molar-refractivity contribution in [2.75, 3.05) is 4.72 Å². The van der Waals surface area contributed by atoms with E-state index in [0.29, 0.717) is 5.02 Å². The van der Waals surface area contributed by atoms with Crippen LogP contribution in [0.5, 0.6) is 0 Å². The minimum Gasteiger partial charge on any atom is -0.478 e. The van der Waals surface area contributed by atoms with E-state index in [1.54, 1.807) is 0 Å². The van der Waals surface area contributed by atoms with Gasteiger partial charge in [0.2, 0.25) is 0 Å². The maximum atomic E-state index is 12.2. The molecule has 0 aliphatic rings. The average molecular weight is 346 g/mol. The number of aromatic carboxylic acids is 1. The van der Waals surface area contributed by atoms with Crippen LogP contribution < -0.4 is 4.72 Å². The lowest BCUT2D eigenvalue weighted by Crippen LogP contribution is -2.13. The van der Waals surface area contributed by atoms with E-state index in [9.17, 15) is 13.2 Å². The van der Waals surface area contributed by atoms with Gasteiger partial charge >= 0.3 is 5.97 Å². The maximum absolute atomic E-state index is 12.2. The molecule has 2 rings (SSSR count). The van der Waals surface area contributed by atoms with Crippen molar-refractivity contribution in [3.8, 4) is 0 Å². The smallest absolute Gasteiger partial charge is 0.335 e. The van der Waals surface area contributed by atoms with Crippen LogP contribution in [0.25, 0.3) is 0 Å². The van der Waals surface area contributed by atoms with E-state index in [2.05, 4.69) is 4.72 Å². The van der Waals surface area contributed by atoms with Crippen LogP contribution in [0, 0.1) is 0 Å².